The molecule has 0 spiro atoms. The lowest BCUT2D eigenvalue weighted by molar-refractivity contribution is 0.00302. The van der Waals surface area contributed by atoms with Crippen LogP contribution < -0.4 is 10.1 Å². The highest BCUT2D eigenvalue weighted by molar-refractivity contribution is 7.99. The lowest BCUT2D eigenvalue weighted by Gasteiger charge is -2.34. The summed E-state index contributed by atoms with van der Waals surface area (Å²) in [6.07, 6.45) is 1.18. The van der Waals surface area contributed by atoms with Crippen LogP contribution in [-0.2, 0) is 5.60 Å². The molecule has 0 aliphatic carbocycles. The first-order valence-electron chi connectivity index (χ1n) is 7.66. The minimum Gasteiger partial charge on any atom is -0.497 e. The van der Waals surface area contributed by atoms with E-state index in [-0.39, 0.29) is 5.82 Å². The second-order valence-corrected chi connectivity index (χ2v) is 6.76. The molecule has 0 bridgehead atoms. The van der Waals surface area contributed by atoms with Gasteiger partial charge in [0.15, 0.2) is 0 Å². The van der Waals surface area contributed by atoms with Crippen LogP contribution in [0.2, 0.25) is 0 Å². The highest BCUT2D eigenvalue weighted by atomic mass is 32.2. The molecule has 2 aromatic rings. The standard InChI is InChI=1S/C18H20FNO2S/c1-22-13-5-7-14(8-6-13)23-17-15(3-2-4-16(17)19)18(21)9-11-20-12-10-18/h2-8,20-21H,9-12H2,1H3. The maximum Gasteiger partial charge on any atom is 0.137 e. The van der Waals surface area contributed by atoms with Crippen LogP contribution >= 0.6 is 11.8 Å². The average molecular weight is 333 g/mol. The van der Waals surface area contributed by atoms with Crippen molar-refractivity contribution >= 4 is 11.8 Å². The molecule has 0 unspecified atom stereocenters. The van der Waals surface area contributed by atoms with Crippen LogP contribution in [0, 0.1) is 5.82 Å². The zero-order chi connectivity index (χ0) is 16.3. The molecule has 1 fully saturated rings. The highest BCUT2D eigenvalue weighted by Gasteiger charge is 2.34. The molecule has 0 radical (unpaired) electrons. The van der Waals surface area contributed by atoms with E-state index in [1.807, 2.05) is 30.3 Å². The SMILES string of the molecule is COc1ccc(Sc2c(F)cccc2C2(O)CCNCC2)cc1. The van der Waals surface area contributed by atoms with Crippen molar-refractivity contribution in [1.82, 2.24) is 5.32 Å². The van der Waals surface area contributed by atoms with Crippen LogP contribution in [0.15, 0.2) is 52.3 Å². The maximum absolute atomic E-state index is 14.4. The number of piperidine rings is 1. The van der Waals surface area contributed by atoms with Crippen molar-refractivity contribution < 1.29 is 14.2 Å². The second kappa shape index (κ2) is 6.91. The van der Waals surface area contributed by atoms with Gasteiger partial charge in [0.25, 0.3) is 0 Å². The number of hydrogen-bond acceptors (Lipinski definition) is 4. The van der Waals surface area contributed by atoms with E-state index in [0.717, 1.165) is 23.7 Å². The van der Waals surface area contributed by atoms with Gasteiger partial charge in [-0.2, -0.15) is 0 Å². The zero-order valence-electron chi connectivity index (χ0n) is 13.0. The molecule has 23 heavy (non-hydrogen) atoms. The molecule has 0 amide bonds. The molecule has 0 atom stereocenters. The topological polar surface area (TPSA) is 41.5 Å². The fraction of sp³-hybridized carbons (Fsp3) is 0.333. The summed E-state index contributed by atoms with van der Waals surface area (Å²) in [7, 11) is 1.61. The van der Waals surface area contributed by atoms with Crippen molar-refractivity contribution in [3.8, 4) is 5.75 Å². The number of nitrogens with one attached hydrogen (secondary N) is 1. The van der Waals surface area contributed by atoms with Gasteiger partial charge in [0.2, 0.25) is 0 Å². The maximum atomic E-state index is 14.4. The van der Waals surface area contributed by atoms with Gasteiger partial charge in [-0.15, -0.1) is 0 Å². The lowest BCUT2D eigenvalue weighted by atomic mass is 9.85. The van der Waals surface area contributed by atoms with E-state index in [2.05, 4.69) is 5.32 Å². The summed E-state index contributed by atoms with van der Waals surface area (Å²) < 4.78 is 19.6. The second-order valence-electron chi connectivity index (χ2n) is 5.68. The minimum absolute atomic E-state index is 0.296. The first-order valence-corrected chi connectivity index (χ1v) is 8.48. The Morgan fingerprint density at radius 2 is 1.83 bits per heavy atom. The van der Waals surface area contributed by atoms with Gasteiger partial charge in [0.05, 0.1) is 17.6 Å². The fourth-order valence-corrected chi connectivity index (χ4v) is 3.89. The third-order valence-electron chi connectivity index (χ3n) is 4.18. The Labute approximate surface area is 139 Å². The van der Waals surface area contributed by atoms with Gasteiger partial charge < -0.3 is 15.2 Å². The number of methoxy groups -OCH3 is 1. The smallest absolute Gasteiger partial charge is 0.137 e. The Morgan fingerprint density at radius 1 is 1.13 bits per heavy atom. The molecule has 3 rings (SSSR count). The minimum atomic E-state index is -0.970. The van der Waals surface area contributed by atoms with Crippen molar-refractivity contribution in [1.29, 1.82) is 0 Å². The van der Waals surface area contributed by atoms with Crippen LogP contribution in [-0.4, -0.2) is 25.3 Å². The van der Waals surface area contributed by atoms with Crippen molar-refractivity contribution in [2.75, 3.05) is 20.2 Å². The van der Waals surface area contributed by atoms with Gasteiger partial charge in [-0.1, -0.05) is 23.9 Å². The van der Waals surface area contributed by atoms with E-state index in [0.29, 0.717) is 23.3 Å². The molecular formula is C18H20FNO2S. The van der Waals surface area contributed by atoms with Crippen molar-refractivity contribution in [3.05, 3.63) is 53.8 Å². The molecule has 1 saturated heterocycles. The molecule has 0 saturated carbocycles. The summed E-state index contributed by atoms with van der Waals surface area (Å²) in [5.74, 6) is 0.468. The van der Waals surface area contributed by atoms with Gasteiger partial charge in [-0.3, -0.25) is 0 Å². The molecule has 122 valence electrons. The van der Waals surface area contributed by atoms with Crippen LogP contribution in [0.1, 0.15) is 18.4 Å². The van der Waals surface area contributed by atoms with Gasteiger partial charge in [-0.05, 0) is 56.3 Å². The zero-order valence-corrected chi connectivity index (χ0v) is 13.8. The Balaban J connectivity index is 1.94. The number of aliphatic hydroxyl groups is 1. The highest BCUT2D eigenvalue weighted by Crippen LogP contribution is 2.41. The Bertz CT molecular complexity index is 669. The quantitative estimate of drug-likeness (QED) is 0.898. The summed E-state index contributed by atoms with van der Waals surface area (Å²) in [6.45, 7) is 1.47. The molecule has 2 N–H and O–H groups in total. The Kier molecular flexibility index (Phi) is 4.90. The van der Waals surface area contributed by atoms with E-state index in [4.69, 9.17) is 4.74 Å². The first kappa shape index (κ1) is 16.3. The summed E-state index contributed by atoms with van der Waals surface area (Å²) >= 11 is 1.34. The summed E-state index contributed by atoms with van der Waals surface area (Å²) in [4.78, 5) is 1.41. The largest absolute Gasteiger partial charge is 0.497 e. The molecule has 1 aliphatic heterocycles. The van der Waals surface area contributed by atoms with Crippen LogP contribution in [0.25, 0.3) is 0 Å². The summed E-state index contributed by atoms with van der Waals surface area (Å²) in [5, 5.41) is 14.2. The third kappa shape index (κ3) is 3.52. The molecule has 3 nitrogen and oxygen atoms in total. The average Bonchev–Trinajstić information content (AvgIpc) is 2.58. The van der Waals surface area contributed by atoms with E-state index in [1.165, 1.54) is 17.8 Å². The fourth-order valence-electron chi connectivity index (χ4n) is 2.85. The summed E-state index contributed by atoms with van der Waals surface area (Å²) in [5.41, 5.74) is -0.290. The van der Waals surface area contributed by atoms with E-state index >= 15 is 0 Å². The van der Waals surface area contributed by atoms with E-state index < -0.39 is 5.60 Å². The number of halogens is 1. The van der Waals surface area contributed by atoms with E-state index in [1.54, 1.807) is 13.2 Å². The van der Waals surface area contributed by atoms with Crippen molar-refractivity contribution in [3.63, 3.8) is 0 Å². The molecule has 5 heteroatoms. The molecule has 1 aliphatic rings. The predicted octanol–water partition coefficient (Wildman–Crippen LogP) is 3.56. The van der Waals surface area contributed by atoms with Crippen molar-refractivity contribution in [2.24, 2.45) is 0 Å². The van der Waals surface area contributed by atoms with Gasteiger partial charge in [-0.25, -0.2) is 4.39 Å². The normalized spacial score (nSPS) is 17.0. The lowest BCUT2D eigenvalue weighted by Crippen LogP contribution is -2.40. The number of benzene rings is 2. The first-order chi connectivity index (χ1) is 11.1. The summed E-state index contributed by atoms with van der Waals surface area (Å²) in [6, 6.07) is 12.4. The molecule has 2 aromatic carbocycles. The van der Waals surface area contributed by atoms with E-state index in [9.17, 15) is 9.50 Å². The van der Waals surface area contributed by atoms with Gasteiger partial charge in [0, 0.05) is 10.5 Å². The van der Waals surface area contributed by atoms with Gasteiger partial charge in [0.1, 0.15) is 11.6 Å². The molecule has 1 heterocycles. The van der Waals surface area contributed by atoms with Crippen LogP contribution in [0.3, 0.4) is 0 Å². The van der Waals surface area contributed by atoms with Gasteiger partial charge >= 0.3 is 0 Å². The molecular weight excluding hydrogens is 313 g/mol. The van der Waals surface area contributed by atoms with Crippen LogP contribution in [0.4, 0.5) is 4.39 Å². The van der Waals surface area contributed by atoms with Crippen molar-refractivity contribution in [2.45, 2.75) is 28.2 Å². The number of rotatable bonds is 4. The van der Waals surface area contributed by atoms with Crippen LogP contribution in [0.5, 0.6) is 5.75 Å². The Morgan fingerprint density at radius 3 is 2.48 bits per heavy atom. The monoisotopic (exact) mass is 333 g/mol. The number of ether oxygens (including phenoxy) is 1. The number of hydrogen-bond donors (Lipinski definition) is 2. The molecule has 0 aromatic heterocycles. The third-order valence-corrected chi connectivity index (χ3v) is 5.31. The predicted molar refractivity (Wildman–Crippen MR) is 89.5 cm³/mol. The Hall–Kier alpha value is -1.56.